The van der Waals surface area contributed by atoms with Crippen LogP contribution in [0, 0.1) is 5.82 Å². The lowest BCUT2D eigenvalue weighted by molar-refractivity contribution is -0.137. The van der Waals surface area contributed by atoms with E-state index >= 15 is 0 Å². The van der Waals surface area contributed by atoms with Crippen LogP contribution in [0.15, 0.2) is 54.6 Å². The third-order valence-electron chi connectivity index (χ3n) is 3.91. The predicted octanol–water partition coefficient (Wildman–Crippen LogP) is 3.65. The van der Waals surface area contributed by atoms with Gasteiger partial charge in [-0.05, 0) is 36.6 Å². The topological polar surface area (TPSA) is 66.4 Å². The Morgan fingerprint density at radius 3 is 2.38 bits per heavy atom. The SMILES string of the molecule is CC(C(=O)NC(CCC(=O)O)c1ccccc1)c1cccc(F)c1. The summed E-state index contributed by atoms with van der Waals surface area (Å²) in [5.41, 5.74) is 1.43. The van der Waals surface area contributed by atoms with Crippen LogP contribution in [0.25, 0.3) is 0 Å². The number of nitrogens with one attached hydrogen (secondary N) is 1. The fraction of sp³-hybridized carbons (Fsp3) is 0.263. The molecule has 0 fully saturated rings. The van der Waals surface area contributed by atoms with Crippen molar-refractivity contribution >= 4 is 11.9 Å². The van der Waals surface area contributed by atoms with Crippen LogP contribution >= 0.6 is 0 Å². The van der Waals surface area contributed by atoms with Crippen molar-refractivity contribution in [1.29, 1.82) is 0 Å². The molecule has 0 radical (unpaired) electrons. The highest BCUT2D eigenvalue weighted by molar-refractivity contribution is 5.83. The Hall–Kier alpha value is -2.69. The lowest BCUT2D eigenvalue weighted by Crippen LogP contribution is -2.32. The molecule has 0 aliphatic heterocycles. The summed E-state index contributed by atoms with van der Waals surface area (Å²) in [5, 5.41) is 11.8. The van der Waals surface area contributed by atoms with Crippen molar-refractivity contribution in [1.82, 2.24) is 5.32 Å². The third kappa shape index (κ3) is 4.91. The molecule has 5 heteroatoms. The Balaban J connectivity index is 2.12. The van der Waals surface area contributed by atoms with Gasteiger partial charge in [-0.25, -0.2) is 4.39 Å². The van der Waals surface area contributed by atoms with Gasteiger partial charge < -0.3 is 10.4 Å². The molecule has 1 amide bonds. The Morgan fingerprint density at radius 2 is 1.75 bits per heavy atom. The van der Waals surface area contributed by atoms with Crippen molar-refractivity contribution in [3.8, 4) is 0 Å². The number of rotatable bonds is 7. The molecular weight excluding hydrogens is 309 g/mol. The zero-order valence-corrected chi connectivity index (χ0v) is 13.4. The highest BCUT2D eigenvalue weighted by Gasteiger charge is 2.21. The Labute approximate surface area is 140 Å². The van der Waals surface area contributed by atoms with Gasteiger partial charge in [0.2, 0.25) is 5.91 Å². The molecule has 0 heterocycles. The molecular formula is C19H20FNO3. The monoisotopic (exact) mass is 329 g/mol. The minimum atomic E-state index is -0.914. The van der Waals surface area contributed by atoms with Gasteiger partial charge in [-0.1, -0.05) is 42.5 Å². The molecule has 0 bridgehead atoms. The minimum absolute atomic E-state index is 0.0474. The zero-order chi connectivity index (χ0) is 17.5. The number of hydrogen-bond donors (Lipinski definition) is 2. The first-order chi connectivity index (χ1) is 11.5. The lowest BCUT2D eigenvalue weighted by atomic mass is 9.97. The summed E-state index contributed by atoms with van der Waals surface area (Å²) >= 11 is 0. The number of carboxylic acids is 1. The summed E-state index contributed by atoms with van der Waals surface area (Å²) < 4.78 is 13.3. The summed E-state index contributed by atoms with van der Waals surface area (Å²) in [5.74, 6) is -2.10. The fourth-order valence-electron chi connectivity index (χ4n) is 2.50. The molecule has 2 aromatic carbocycles. The smallest absolute Gasteiger partial charge is 0.303 e. The van der Waals surface area contributed by atoms with Gasteiger partial charge in [0, 0.05) is 6.42 Å². The van der Waals surface area contributed by atoms with Crippen molar-refractivity contribution < 1.29 is 19.1 Å². The first-order valence-corrected chi connectivity index (χ1v) is 7.80. The van der Waals surface area contributed by atoms with Crippen LogP contribution in [0.3, 0.4) is 0 Å². The van der Waals surface area contributed by atoms with E-state index in [-0.39, 0.29) is 12.3 Å². The van der Waals surface area contributed by atoms with Crippen molar-refractivity contribution in [3.05, 3.63) is 71.5 Å². The van der Waals surface area contributed by atoms with Gasteiger partial charge in [0.05, 0.1) is 12.0 Å². The van der Waals surface area contributed by atoms with E-state index in [9.17, 15) is 14.0 Å². The van der Waals surface area contributed by atoms with Gasteiger partial charge in [0.1, 0.15) is 5.82 Å². The van der Waals surface area contributed by atoms with Gasteiger partial charge >= 0.3 is 5.97 Å². The maximum atomic E-state index is 13.3. The first-order valence-electron chi connectivity index (χ1n) is 7.80. The summed E-state index contributed by atoms with van der Waals surface area (Å²) in [6.07, 6.45) is 0.245. The fourth-order valence-corrected chi connectivity index (χ4v) is 2.50. The number of amides is 1. The quantitative estimate of drug-likeness (QED) is 0.815. The molecule has 0 spiro atoms. The van der Waals surface area contributed by atoms with Crippen LogP contribution in [-0.2, 0) is 9.59 Å². The van der Waals surface area contributed by atoms with Crippen LogP contribution in [0.4, 0.5) is 4.39 Å². The molecule has 2 atom stereocenters. The standard InChI is InChI=1S/C19H20FNO3/c1-13(15-8-5-9-16(20)12-15)19(24)21-17(10-11-18(22)23)14-6-3-2-4-7-14/h2-9,12-13,17H,10-11H2,1H3,(H,21,24)(H,22,23). The molecule has 2 aromatic rings. The Kier molecular flexibility index (Phi) is 6.07. The molecule has 0 saturated carbocycles. The van der Waals surface area contributed by atoms with E-state index in [0.717, 1.165) is 5.56 Å². The first kappa shape index (κ1) is 17.7. The number of halogens is 1. The number of carbonyl (C=O) groups excluding carboxylic acids is 1. The Bertz CT molecular complexity index is 703. The molecule has 24 heavy (non-hydrogen) atoms. The second-order valence-corrected chi connectivity index (χ2v) is 5.68. The van der Waals surface area contributed by atoms with Gasteiger partial charge in [0.25, 0.3) is 0 Å². The lowest BCUT2D eigenvalue weighted by Gasteiger charge is -2.21. The van der Waals surface area contributed by atoms with Gasteiger partial charge in [0.15, 0.2) is 0 Å². The number of carbonyl (C=O) groups is 2. The van der Waals surface area contributed by atoms with Crippen molar-refractivity contribution in [2.75, 3.05) is 0 Å². The van der Waals surface area contributed by atoms with Crippen molar-refractivity contribution in [3.63, 3.8) is 0 Å². The van der Waals surface area contributed by atoms with Gasteiger partial charge in [-0.2, -0.15) is 0 Å². The molecule has 0 aliphatic carbocycles. The number of carboxylic acid groups (broad SMARTS) is 1. The van der Waals surface area contributed by atoms with E-state index in [0.29, 0.717) is 12.0 Å². The van der Waals surface area contributed by atoms with E-state index < -0.39 is 23.7 Å². The van der Waals surface area contributed by atoms with Crippen molar-refractivity contribution in [2.45, 2.75) is 31.7 Å². The summed E-state index contributed by atoms with van der Waals surface area (Å²) in [6, 6.07) is 14.7. The number of aliphatic carboxylic acids is 1. The highest BCUT2D eigenvalue weighted by Crippen LogP contribution is 2.22. The summed E-state index contributed by atoms with van der Waals surface area (Å²) in [4.78, 5) is 23.4. The molecule has 2 unspecified atom stereocenters. The molecule has 126 valence electrons. The molecule has 2 N–H and O–H groups in total. The van der Waals surface area contributed by atoms with Crippen molar-refractivity contribution in [2.24, 2.45) is 0 Å². The van der Waals surface area contributed by atoms with Crippen LogP contribution in [-0.4, -0.2) is 17.0 Å². The second-order valence-electron chi connectivity index (χ2n) is 5.68. The number of benzene rings is 2. The van der Waals surface area contributed by atoms with Crippen LogP contribution in [0.1, 0.15) is 42.9 Å². The van der Waals surface area contributed by atoms with Gasteiger partial charge in [-0.3, -0.25) is 9.59 Å². The van der Waals surface area contributed by atoms with Crippen LogP contribution in [0.5, 0.6) is 0 Å². The molecule has 0 aliphatic rings. The molecule has 0 saturated heterocycles. The molecule has 4 nitrogen and oxygen atoms in total. The zero-order valence-electron chi connectivity index (χ0n) is 13.4. The summed E-state index contributed by atoms with van der Waals surface area (Å²) in [6.45, 7) is 1.70. The van der Waals surface area contributed by atoms with E-state index in [2.05, 4.69) is 5.32 Å². The van der Waals surface area contributed by atoms with E-state index in [4.69, 9.17) is 5.11 Å². The van der Waals surface area contributed by atoms with Crippen LogP contribution in [0.2, 0.25) is 0 Å². The molecule has 0 aromatic heterocycles. The van der Waals surface area contributed by atoms with E-state index in [1.165, 1.54) is 12.1 Å². The maximum Gasteiger partial charge on any atom is 0.303 e. The van der Waals surface area contributed by atoms with Gasteiger partial charge in [-0.15, -0.1) is 0 Å². The Morgan fingerprint density at radius 1 is 1.08 bits per heavy atom. The normalized spacial score (nSPS) is 13.1. The summed E-state index contributed by atoms with van der Waals surface area (Å²) in [7, 11) is 0. The third-order valence-corrected chi connectivity index (χ3v) is 3.91. The minimum Gasteiger partial charge on any atom is -0.481 e. The average molecular weight is 329 g/mol. The number of hydrogen-bond acceptors (Lipinski definition) is 2. The molecule has 2 rings (SSSR count). The van der Waals surface area contributed by atoms with E-state index in [1.807, 2.05) is 30.3 Å². The van der Waals surface area contributed by atoms with Crippen LogP contribution < -0.4 is 5.32 Å². The second kappa shape index (κ2) is 8.24. The highest BCUT2D eigenvalue weighted by atomic mass is 19.1. The van der Waals surface area contributed by atoms with E-state index in [1.54, 1.807) is 19.1 Å². The maximum absolute atomic E-state index is 13.3. The predicted molar refractivity (Wildman–Crippen MR) is 89.0 cm³/mol. The average Bonchev–Trinajstić information content (AvgIpc) is 2.58. The largest absolute Gasteiger partial charge is 0.481 e.